The van der Waals surface area contributed by atoms with E-state index in [9.17, 15) is 4.79 Å². The number of nitrogens with zero attached hydrogens (tertiary/aromatic N) is 3. The quantitative estimate of drug-likeness (QED) is 0.524. The molecule has 0 atom stereocenters. The standard InChI is InChI=1S/C21H14N4O2/c26-20-16-8-4-5-9-17(16)24-21(25(20)15-6-2-1-3-7-15)23-14-10-11-18-19(12-14)27-13-22-18/h1-13H,(H,23,24). The van der Waals surface area contributed by atoms with Crippen molar-refractivity contribution < 1.29 is 4.42 Å². The van der Waals surface area contributed by atoms with Crippen molar-refractivity contribution in [2.24, 2.45) is 0 Å². The lowest BCUT2D eigenvalue weighted by molar-refractivity contribution is 0.602. The Balaban J connectivity index is 1.73. The van der Waals surface area contributed by atoms with Crippen LogP contribution in [0, 0.1) is 0 Å². The smallest absolute Gasteiger partial charge is 0.267 e. The second kappa shape index (κ2) is 6.10. The number of hydrogen-bond donors (Lipinski definition) is 1. The average molecular weight is 354 g/mol. The molecule has 0 bridgehead atoms. The van der Waals surface area contributed by atoms with E-state index in [1.165, 1.54) is 6.39 Å². The van der Waals surface area contributed by atoms with E-state index in [1.807, 2.05) is 66.7 Å². The van der Waals surface area contributed by atoms with Crippen LogP contribution in [0.4, 0.5) is 11.6 Å². The van der Waals surface area contributed by atoms with Crippen LogP contribution in [0.1, 0.15) is 0 Å². The Morgan fingerprint density at radius 1 is 0.889 bits per heavy atom. The van der Waals surface area contributed by atoms with E-state index in [0.29, 0.717) is 22.4 Å². The first-order valence-electron chi connectivity index (χ1n) is 8.47. The molecule has 6 nitrogen and oxygen atoms in total. The molecule has 5 rings (SSSR count). The van der Waals surface area contributed by atoms with E-state index in [2.05, 4.69) is 15.3 Å². The Bertz CT molecular complexity index is 1320. The fraction of sp³-hybridized carbons (Fsp3) is 0. The number of rotatable bonds is 3. The summed E-state index contributed by atoms with van der Waals surface area (Å²) in [6.07, 6.45) is 1.41. The highest BCUT2D eigenvalue weighted by Gasteiger charge is 2.13. The molecule has 0 aliphatic rings. The maximum absolute atomic E-state index is 13.2. The number of nitrogens with one attached hydrogen (secondary N) is 1. The van der Waals surface area contributed by atoms with Crippen molar-refractivity contribution in [2.75, 3.05) is 5.32 Å². The number of hydrogen-bond acceptors (Lipinski definition) is 5. The predicted octanol–water partition coefficient (Wildman–Crippen LogP) is 4.27. The summed E-state index contributed by atoms with van der Waals surface area (Å²) in [4.78, 5) is 22.0. The van der Waals surface area contributed by atoms with Crippen LogP contribution < -0.4 is 10.9 Å². The molecule has 27 heavy (non-hydrogen) atoms. The number of aromatic nitrogens is 3. The summed E-state index contributed by atoms with van der Waals surface area (Å²) in [7, 11) is 0. The van der Waals surface area contributed by atoms with E-state index in [-0.39, 0.29) is 5.56 Å². The molecule has 0 saturated carbocycles. The van der Waals surface area contributed by atoms with Gasteiger partial charge in [-0.25, -0.2) is 14.5 Å². The van der Waals surface area contributed by atoms with Crippen molar-refractivity contribution in [1.29, 1.82) is 0 Å². The van der Waals surface area contributed by atoms with Crippen LogP contribution in [0.2, 0.25) is 0 Å². The van der Waals surface area contributed by atoms with Gasteiger partial charge in [0.1, 0.15) is 5.52 Å². The Labute approximate surface area is 153 Å². The summed E-state index contributed by atoms with van der Waals surface area (Å²) in [5.74, 6) is 0.434. The number of anilines is 2. The van der Waals surface area contributed by atoms with Crippen molar-refractivity contribution in [3.05, 3.63) is 89.5 Å². The van der Waals surface area contributed by atoms with Gasteiger partial charge in [-0.3, -0.25) is 4.79 Å². The van der Waals surface area contributed by atoms with Gasteiger partial charge in [0.15, 0.2) is 12.0 Å². The fourth-order valence-corrected chi connectivity index (χ4v) is 3.10. The zero-order valence-corrected chi connectivity index (χ0v) is 14.2. The summed E-state index contributed by atoms with van der Waals surface area (Å²) in [6.45, 7) is 0. The Kier molecular flexibility index (Phi) is 3.47. The van der Waals surface area contributed by atoms with Gasteiger partial charge in [0.05, 0.1) is 16.6 Å². The summed E-state index contributed by atoms with van der Waals surface area (Å²) >= 11 is 0. The summed E-state index contributed by atoms with van der Waals surface area (Å²) in [6, 6.07) is 22.3. The van der Waals surface area contributed by atoms with Gasteiger partial charge in [0.2, 0.25) is 5.95 Å². The average Bonchev–Trinajstić information content (AvgIpc) is 3.17. The Morgan fingerprint density at radius 3 is 2.59 bits per heavy atom. The SMILES string of the molecule is O=c1c2ccccc2nc(Nc2ccc3ncoc3c2)n1-c1ccccc1. The number of benzene rings is 3. The van der Waals surface area contributed by atoms with E-state index < -0.39 is 0 Å². The van der Waals surface area contributed by atoms with Crippen LogP contribution in [0.5, 0.6) is 0 Å². The van der Waals surface area contributed by atoms with Crippen LogP contribution in [-0.2, 0) is 0 Å². The molecule has 6 heteroatoms. The number of oxazole rings is 1. The van der Waals surface area contributed by atoms with Gasteiger partial charge >= 0.3 is 0 Å². The molecule has 0 spiro atoms. The van der Waals surface area contributed by atoms with Crippen molar-refractivity contribution in [1.82, 2.24) is 14.5 Å². The first-order valence-corrected chi connectivity index (χ1v) is 8.47. The minimum absolute atomic E-state index is 0.130. The first kappa shape index (κ1) is 15.3. The van der Waals surface area contributed by atoms with Gasteiger partial charge in [0.25, 0.3) is 5.56 Å². The minimum Gasteiger partial charge on any atom is -0.443 e. The second-order valence-corrected chi connectivity index (χ2v) is 6.09. The highest BCUT2D eigenvalue weighted by Crippen LogP contribution is 2.23. The van der Waals surface area contributed by atoms with E-state index in [0.717, 1.165) is 16.9 Å². The summed E-state index contributed by atoms with van der Waals surface area (Å²) in [5.41, 5.74) is 3.44. The topological polar surface area (TPSA) is 73.0 Å². The van der Waals surface area contributed by atoms with E-state index >= 15 is 0 Å². The Morgan fingerprint density at radius 2 is 1.70 bits per heavy atom. The maximum Gasteiger partial charge on any atom is 0.267 e. The van der Waals surface area contributed by atoms with Crippen LogP contribution in [-0.4, -0.2) is 14.5 Å². The largest absolute Gasteiger partial charge is 0.443 e. The highest BCUT2D eigenvalue weighted by molar-refractivity contribution is 5.81. The zero-order chi connectivity index (χ0) is 18.2. The molecule has 2 heterocycles. The lowest BCUT2D eigenvalue weighted by Crippen LogP contribution is -2.22. The molecule has 5 aromatic rings. The van der Waals surface area contributed by atoms with Crippen LogP contribution in [0.25, 0.3) is 27.7 Å². The van der Waals surface area contributed by atoms with Gasteiger partial charge < -0.3 is 9.73 Å². The van der Waals surface area contributed by atoms with Gasteiger partial charge in [0, 0.05) is 11.8 Å². The van der Waals surface area contributed by atoms with Crippen molar-refractivity contribution >= 4 is 33.6 Å². The van der Waals surface area contributed by atoms with Crippen LogP contribution in [0.15, 0.2) is 88.4 Å². The third-order valence-electron chi connectivity index (χ3n) is 4.38. The third-order valence-corrected chi connectivity index (χ3v) is 4.38. The monoisotopic (exact) mass is 354 g/mol. The first-order chi connectivity index (χ1) is 13.3. The predicted molar refractivity (Wildman–Crippen MR) is 105 cm³/mol. The van der Waals surface area contributed by atoms with E-state index in [4.69, 9.17) is 4.42 Å². The molecule has 3 aromatic carbocycles. The molecule has 0 amide bonds. The summed E-state index contributed by atoms with van der Waals surface area (Å²) < 4.78 is 6.94. The minimum atomic E-state index is -0.130. The summed E-state index contributed by atoms with van der Waals surface area (Å²) in [5, 5.41) is 3.82. The van der Waals surface area contributed by atoms with Gasteiger partial charge in [-0.2, -0.15) is 0 Å². The molecule has 0 fully saturated rings. The molecule has 0 aliphatic carbocycles. The molecule has 130 valence electrons. The van der Waals surface area contributed by atoms with Gasteiger partial charge in [-0.05, 0) is 36.4 Å². The highest BCUT2D eigenvalue weighted by atomic mass is 16.3. The molecular formula is C21H14N4O2. The lowest BCUT2D eigenvalue weighted by Gasteiger charge is -2.15. The van der Waals surface area contributed by atoms with Gasteiger partial charge in [-0.15, -0.1) is 0 Å². The molecular weight excluding hydrogens is 340 g/mol. The zero-order valence-electron chi connectivity index (χ0n) is 14.2. The van der Waals surface area contributed by atoms with E-state index in [1.54, 1.807) is 10.6 Å². The van der Waals surface area contributed by atoms with Crippen molar-refractivity contribution in [3.8, 4) is 5.69 Å². The molecule has 0 radical (unpaired) electrons. The van der Waals surface area contributed by atoms with Gasteiger partial charge in [-0.1, -0.05) is 30.3 Å². The number of fused-ring (bicyclic) bond motifs is 2. The molecule has 1 N–H and O–H groups in total. The fourth-order valence-electron chi connectivity index (χ4n) is 3.10. The van der Waals surface area contributed by atoms with Crippen LogP contribution >= 0.6 is 0 Å². The van der Waals surface area contributed by atoms with Crippen molar-refractivity contribution in [3.63, 3.8) is 0 Å². The Hall–Kier alpha value is -3.93. The molecule has 0 saturated heterocycles. The van der Waals surface area contributed by atoms with Crippen molar-refractivity contribution in [2.45, 2.75) is 0 Å². The molecule has 2 aromatic heterocycles. The molecule has 0 unspecified atom stereocenters. The maximum atomic E-state index is 13.2. The molecule has 0 aliphatic heterocycles. The lowest BCUT2D eigenvalue weighted by atomic mass is 10.2. The third kappa shape index (κ3) is 2.64. The normalized spacial score (nSPS) is 11.1. The van der Waals surface area contributed by atoms with Crippen LogP contribution in [0.3, 0.4) is 0 Å². The second-order valence-electron chi connectivity index (χ2n) is 6.09. The number of para-hydroxylation sites is 2.